The monoisotopic (exact) mass is 255 g/mol. The summed E-state index contributed by atoms with van der Waals surface area (Å²) in [6.07, 6.45) is -0.562. The molecule has 0 aliphatic rings. The summed E-state index contributed by atoms with van der Waals surface area (Å²) in [5, 5.41) is 14.0. The molecule has 0 aliphatic carbocycles. The van der Waals surface area contributed by atoms with E-state index in [0.29, 0.717) is 17.6 Å². The largest absolute Gasteiger partial charge is 0.387 e. The lowest BCUT2D eigenvalue weighted by molar-refractivity contribution is 0.158. The van der Waals surface area contributed by atoms with Gasteiger partial charge in [0.05, 0.1) is 6.10 Å². The van der Waals surface area contributed by atoms with Crippen LogP contribution in [0.4, 0.5) is 0 Å². The first-order chi connectivity index (χ1) is 7.82. The van der Waals surface area contributed by atoms with E-state index in [0.717, 1.165) is 5.56 Å². The normalized spacial score (nSPS) is 15.6. The van der Waals surface area contributed by atoms with Crippen LogP contribution in [0.2, 0.25) is 5.02 Å². The molecule has 0 aliphatic heterocycles. The van der Waals surface area contributed by atoms with Gasteiger partial charge >= 0.3 is 0 Å². The number of halogens is 1. The third-order valence-electron chi connectivity index (χ3n) is 3.18. The Morgan fingerprint density at radius 1 is 1.29 bits per heavy atom. The Kier molecular flexibility index (Phi) is 4.99. The molecule has 96 valence electrons. The topological polar surface area (TPSA) is 32.3 Å². The highest BCUT2D eigenvalue weighted by atomic mass is 35.5. The van der Waals surface area contributed by atoms with Gasteiger partial charge in [0, 0.05) is 23.2 Å². The predicted molar refractivity (Wildman–Crippen MR) is 73.3 cm³/mol. The maximum Gasteiger partial charge on any atom is 0.0928 e. The van der Waals surface area contributed by atoms with E-state index in [4.69, 9.17) is 11.6 Å². The molecule has 1 aromatic carbocycles. The van der Waals surface area contributed by atoms with E-state index in [-0.39, 0.29) is 5.41 Å². The Morgan fingerprint density at radius 3 is 2.41 bits per heavy atom. The molecule has 0 heterocycles. The molecule has 0 saturated carbocycles. The molecular formula is C14H22ClNO. The van der Waals surface area contributed by atoms with Gasteiger partial charge in [-0.15, -0.1) is 0 Å². The molecule has 0 amide bonds. The van der Waals surface area contributed by atoms with E-state index in [9.17, 15) is 5.11 Å². The Labute approximate surface area is 109 Å². The second kappa shape index (κ2) is 5.85. The molecule has 0 bridgehead atoms. The average Bonchev–Trinajstić information content (AvgIpc) is 2.24. The van der Waals surface area contributed by atoms with Crippen molar-refractivity contribution in [2.75, 3.05) is 6.54 Å². The number of rotatable bonds is 4. The van der Waals surface area contributed by atoms with Crippen LogP contribution < -0.4 is 5.32 Å². The fourth-order valence-electron chi connectivity index (χ4n) is 1.45. The van der Waals surface area contributed by atoms with Gasteiger partial charge in [-0.3, -0.25) is 0 Å². The molecule has 17 heavy (non-hydrogen) atoms. The van der Waals surface area contributed by atoms with Crippen LogP contribution in [0.3, 0.4) is 0 Å². The summed E-state index contributed by atoms with van der Waals surface area (Å²) >= 11 is 6.04. The van der Waals surface area contributed by atoms with Gasteiger partial charge < -0.3 is 10.4 Å². The van der Waals surface area contributed by atoms with Gasteiger partial charge in [-0.2, -0.15) is 0 Å². The standard InChI is InChI=1S/C14H22ClNO/c1-10(14(2,3)4)16-9-13(17)11-7-5-6-8-12(11)15/h5-8,10,13,16-17H,9H2,1-4H3. The molecule has 0 saturated heterocycles. The molecule has 1 aromatic rings. The fraction of sp³-hybridized carbons (Fsp3) is 0.571. The number of hydrogen-bond acceptors (Lipinski definition) is 2. The lowest BCUT2D eigenvalue weighted by atomic mass is 9.88. The van der Waals surface area contributed by atoms with Crippen molar-refractivity contribution >= 4 is 11.6 Å². The summed E-state index contributed by atoms with van der Waals surface area (Å²) in [4.78, 5) is 0. The predicted octanol–water partition coefficient (Wildman–Crippen LogP) is 3.40. The van der Waals surface area contributed by atoms with Crippen molar-refractivity contribution in [2.45, 2.75) is 39.8 Å². The van der Waals surface area contributed by atoms with Crippen LogP contribution in [0.25, 0.3) is 0 Å². The van der Waals surface area contributed by atoms with Gasteiger partial charge in [0.15, 0.2) is 0 Å². The van der Waals surface area contributed by atoms with Crippen molar-refractivity contribution in [3.05, 3.63) is 34.9 Å². The first-order valence-electron chi connectivity index (χ1n) is 5.98. The zero-order valence-electron chi connectivity index (χ0n) is 11.0. The van der Waals surface area contributed by atoms with Gasteiger partial charge in [0.2, 0.25) is 0 Å². The van der Waals surface area contributed by atoms with Crippen molar-refractivity contribution in [1.82, 2.24) is 5.32 Å². The maximum absolute atomic E-state index is 10.1. The number of hydrogen-bond donors (Lipinski definition) is 2. The third kappa shape index (κ3) is 4.30. The minimum absolute atomic E-state index is 0.181. The number of benzene rings is 1. The molecule has 2 N–H and O–H groups in total. The van der Waals surface area contributed by atoms with Crippen LogP contribution in [-0.4, -0.2) is 17.7 Å². The van der Waals surface area contributed by atoms with Gasteiger partial charge in [-0.25, -0.2) is 0 Å². The van der Waals surface area contributed by atoms with Crippen molar-refractivity contribution in [3.8, 4) is 0 Å². The second-order valence-corrected chi connectivity index (χ2v) is 5.94. The van der Waals surface area contributed by atoms with E-state index >= 15 is 0 Å². The molecule has 0 aromatic heterocycles. The molecule has 2 unspecified atom stereocenters. The van der Waals surface area contributed by atoms with Crippen molar-refractivity contribution in [1.29, 1.82) is 0 Å². The van der Waals surface area contributed by atoms with E-state index < -0.39 is 6.10 Å². The molecule has 2 atom stereocenters. The van der Waals surface area contributed by atoms with Gasteiger partial charge in [0.1, 0.15) is 0 Å². The van der Waals surface area contributed by atoms with Crippen LogP contribution in [0.5, 0.6) is 0 Å². The lowest BCUT2D eigenvalue weighted by Crippen LogP contribution is -2.39. The Morgan fingerprint density at radius 2 is 1.88 bits per heavy atom. The van der Waals surface area contributed by atoms with Crippen LogP contribution in [0, 0.1) is 5.41 Å². The van der Waals surface area contributed by atoms with Crippen LogP contribution in [-0.2, 0) is 0 Å². The zero-order chi connectivity index (χ0) is 13.1. The van der Waals surface area contributed by atoms with Crippen molar-refractivity contribution < 1.29 is 5.11 Å². The Hall–Kier alpha value is -0.570. The Bertz CT molecular complexity index is 359. The smallest absolute Gasteiger partial charge is 0.0928 e. The summed E-state index contributed by atoms with van der Waals surface area (Å²) in [6, 6.07) is 7.74. The zero-order valence-corrected chi connectivity index (χ0v) is 11.8. The van der Waals surface area contributed by atoms with Gasteiger partial charge in [0.25, 0.3) is 0 Å². The lowest BCUT2D eigenvalue weighted by Gasteiger charge is -2.29. The molecule has 3 heteroatoms. The summed E-state index contributed by atoms with van der Waals surface area (Å²) in [5.74, 6) is 0. The number of aliphatic hydroxyl groups excluding tert-OH is 1. The highest BCUT2D eigenvalue weighted by Gasteiger charge is 2.20. The number of aliphatic hydroxyl groups is 1. The maximum atomic E-state index is 10.1. The minimum atomic E-state index is -0.562. The van der Waals surface area contributed by atoms with Gasteiger partial charge in [-0.05, 0) is 18.4 Å². The van der Waals surface area contributed by atoms with E-state index in [1.54, 1.807) is 6.07 Å². The SMILES string of the molecule is CC(NCC(O)c1ccccc1Cl)C(C)(C)C. The van der Waals surface area contributed by atoms with Crippen LogP contribution in [0.1, 0.15) is 39.4 Å². The second-order valence-electron chi connectivity index (χ2n) is 5.53. The Balaban J connectivity index is 2.57. The number of nitrogens with one attached hydrogen (secondary N) is 1. The van der Waals surface area contributed by atoms with Crippen molar-refractivity contribution in [2.24, 2.45) is 5.41 Å². The van der Waals surface area contributed by atoms with E-state index in [2.05, 4.69) is 33.0 Å². The van der Waals surface area contributed by atoms with E-state index in [1.165, 1.54) is 0 Å². The summed E-state index contributed by atoms with van der Waals surface area (Å²) in [7, 11) is 0. The molecule has 0 radical (unpaired) electrons. The molecule has 0 spiro atoms. The average molecular weight is 256 g/mol. The fourth-order valence-corrected chi connectivity index (χ4v) is 1.71. The molecule has 2 nitrogen and oxygen atoms in total. The highest BCUT2D eigenvalue weighted by molar-refractivity contribution is 6.31. The quantitative estimate of drug-likeness (QED) is 0.864. The highest BCUT2D eigenvalue weighted by Crippen LogP contribution is 2.23. The molecule has 1 rings (SSSR count). The van der Waals surface area contributed by atoms with Gasteiger partial charge in [-0.1, -0.05) is 50.6 Å². The summed E-state index contributed by atoms with van der Waals surface area (Å²) < 4.78 is 0. The van der Waals surface area contributed by atoms with Crippen molar-refractivity contribution in [3.63, 3.8) is 0 Å². The molecular weight excluding hydrogens is 234 g/mol. The third-order valence-corrected chi connectivity index (χ3v) is 3.52. The van der Waals surface area contributed by atoms with E-state index in [1.807, 2.05) is 18.2 Å². The summed E-state index contributed by atoms with van der Waals surface area (Å²) in [6.45, 7) is 9.16. The first kappa shape index (κ1) is 14.5. The first-order valence-corrected chi connectivity index (χ1v) is 6.36. The summed E-state index contributed by atoms with van der Waals surface area (Å²) in [5.41, 5.74) is 0.961. The van der Waals surface area contributed by atoms with Crippen LogP contribution >= 0.6 is 11.6 Å². The van der Waals surface area contributed by atoms with Crippen LogP contribution in [0.15, 0.2) is 24.3 Å². The molecule has 0 fully saturated rings. The minimum Gasteiger partial charge on any atom is -0.387 e.